The second kappa shape index (κ2) is 10.1. The number of hydrogen-bond donors (Lipinski definition) is 2. The second-order valence-corrected chi connectivity index (χ2v) is 8.77. The Morgan fingerprint density at radius 1 is 0.971 bits per heavy atom. The molecule has 8 nitrogen and oxygen atoms in total. The molecule has 0 spiro atoms. The normalized spacial score (nSPS) is 10.9. The van der Waals surface area contributed by atoms with Gasteiger partial charge in [0.1, 0.15) is 22.5 Å². The smallest absolute Gasteiger partial charge is 0.261 e. The third kappa shape index (κ3) is 5.25. The highest BCUT2D eigenvalue weighted by molar-refractivity contribution is 7.80. The molecule has 180 valence electrons. The van der Waals surface area contributed by atoms with Crippen molar-refractivity contribution in [3.05, 3.63) is 71.3 Å². The van der Waals surface area contributed by atoms with Crippen LogP contribution in [0, 0.1) is 6.92 Å². The lowest BCUT2D eigenvalue weighted by Crippen LogP contribution is -2.34. The van der Waals surface area contributed by atoms with Gasteiger partial charge >= 0.3 is 0 Å². The van der Waals surface area contributed by atoms with Gasteiger partial charge in [0.25, 0.3) is 5.91 Å². The molecule has 1 aromatic heterocycles. The fourth-order valence-corrected chi connectivity index (χ4v) is 3.82. The van der Waals surface area contributed by atoms with E-state index in [1.807, 2.05) is 31.2 Å². The first-order chi connectivity index (χ1) is 16.8. The molecule has 0 aliphatic rings. The van der Waals surface area contributed by atoms with E-state index in [0.29, 0.717) is 28.5 Å². The fourth-order valence-electron chi connectivity index (χ4n) is 3.62. The first kappa shape index (κ1) is 24.2. The van der Waals surface area contributed by atoms with Gasteiger partial charge in [-0.25, -0.2) is 0 Å². The monoisotopic (exact) mass is 489 g/mol. The lowest BCUT2D eigenvalue weighted by Gasteiger charge is -2.13. The summed E-state index contributed by atoms with van der Waals surface area (Å²) in [6.45, 7) is 6.26. The van der Waals surface area contributed by atoms with Gasteiger partial charge in [0.05, 0.1) is 25.5 Å². The van der Waals surface area contributed by atoms with Crippen molar-refractivity contribution in [3.8, 4) is 17.2 Å². The summed E-state index contributed by atoms with van der Waals surface area (Å²) in [6.07, 6.45) is 0. The van der Waals surface area contributed by atoms with Gasteiger partial charge in [-0.1, -0.05) is 26.0 Å². The largest absolute Gasteiger partial charge is 0.497 e. The number of fused-ring (bicyclic) bond motifs is 1. The van der Waals surface area contributed by atoms with E-state index in [2.05, 4.69) is 46.8 Å². The minimum absolute atomic E-state index is 0.159. The summed E-state index contributed by atoms with van der Waals surface area (Å²) in [5.41, 5.74) is 5.60. The van der Waals surface area contributed by atoms with Crippen LogP contribution in [0.4, 0.5) is 5.69 Å². The minimum Gasteiger partial charge on any atom is -0.497 e. The molecule has 1 heterocycles. The van der Waals surface area contributed by atoms with Crippen molar-refractivity contribution in [1.29, 1.82) is 0 Å². The van der Waals surface area contributed by atoms with Crippen LogP contribution in [0.2, 0.25) is 0 Å². The Kier molecular flexibility index (Phi) is 6.97. The molecule has 0 unspecified atom stereocenters. The fraction of sp³-hybridized carbons (Fsp3) is 0.231. The van der Waals surface area contributed by atoms with Crippen molar-refractivity contribution < 1.29 is 14.3 Å². The topological polar surface area (TPSA) is 90.3 Å². The summed E-state index contributed by atoms with van der Waals surface area (Å²) in [4.78, 5) is 14.4. The van der Waals surface area contributed by atoms with E-state index in [-0.39, 0.29) is 5.11 Å². The number of rotatable bonds is 6. The molecule has 0 aliphatic carbocycles. The van der Waals surface area contributed by atoms with Crippen molar-refractivity contribution in [2.75, 3.05) is 19.5 Å². The van der Waals surface area contributed by atoms with Gasteiger partial charge in [0.15, 0.2) is 5.11 Å². The van der Waals surface area contributed by atoms with E-state index >= 15 is 0 Å². The van der Waals surface area contributed by atoms with Crippen molar-refractivity contribution in [1.82, 2.24) is 20.3 Å². The summed E-state index contributed by atoms with van der Waals surface area (Å²) < 4.78 is 10.5. The highest BCUT2D eigenvalue weighted by Crippen LogP contribution is 2.25. The first-order valence-corrected chi connectivity index (χ1v) is 11.5. The van der Waals surface area contributed by atoms with E-state index in [1.54, 1.807) is 30.1 Å². The Morgan fingerprint density at radius 3 is 2.29 bits per heavy atom. The van der Waals surface area contributed by atoms with Gasteiger partial charge in [-0.05, 0) is 72.6 Å². The van der Waals surface area contributed by atoms with Gasteiger partial charge in [-0.3, -0.25) is 10.1 Å². The molecule has 0 atom stereocenters. The summed E-state index contributed by atoms with van der Waals surface area (Å²) >= 11 is 5.39. The molecule has 4 aromatic rings. The van der Waals surface area contributed by atoms with Crippen molar-refractivity contribution in [2.24, 2.45) is 0 Å². The summed E-state index contributed by atoms with van der Waals surface area (Å²) in [7, 11) is 3.04. The van der Waals surface area contributed by atoms with Crippen LogP contribution >= 0.6 is 12.2 Å². The van der Waals surface area contributed by atoms with Crippen LogP contribution in [0.1, 0.15) is 41.3 Å². The summed E-state index contributed by atoms with van der Waals surface area (Å²) in [6, 6.07) is 16.9. The molecule has 0 saturated carbocycles. The maximum absolute atomic E-state index is 12.8. The van der Waals surface area contributed by atoms with Gasteiger partial charge in [0.2, 0.25) is 0 Å². The minimum atomic E-state index is -0.392. The predicted octanol–water partition coefficient (Wildman–Crippen LogP) is 5.00. The molecule has 0 radical (unpaired) electrons. The standard InChI is InChI=1S/C26H27N5O3S/c1-15(2)17-6-8-18(9-7-17)31-29-22-12-16(3)21(14-23(22)30-31)27-26(35)28-25(32)20-11-10-19(33-4)13-24(20)34-5/h6-15H,1-5H3,(H2,27,28,32,35). The Bertz CT molecular complexity index is 1400. The summed E-state index contributed by atoms with van der Waals surface area (Å²) in [5, 5.41) is 15.2. The van der Waals surface area contributed by atoms with Gasteiger partial charge in [-0.15, -0.1) is 10.2 Å². The molecular weight excluding hydrogens is 462 g/mol. The average molecular weight is 490 g/mol. The number of anilines is 1. The lowest BCUT2D eigenvalue weighted by atomic mass is 10.0. The zero-order chi connectivity index (χ0) is 25.1. The number of ether oxygens (including phenoxy) is 2. The van der Waals surface area contributed by atoms with Gasteiger partial charge in [-0.2, -0.15) is 4.80 Å². The van der Waals surface area contributed by atoms with Crippen LogP contribution in [0.15, 0.2) is 54.6 Å². The van der Waals surface area contributed by atoms with Crippen LogP contribution in [-0.2, 0) is 0 Å². The Labute approximate surface area is 209 Å². The number of benzene rings is 3. The SMILES string of the molecule is COc1ccc(C(=O)NC(=S)Nc2cc3nn(-c4ccc(C(C)C)cc4)nc3cc2C)c(OC)c1. The molecule has 0 saturated heterocycles. The van der Waals surface area contributed by atoms with Crippen molar-refractivity contribution in [3.63, 3.8) is 0 Å². The number of thiocarbonyl (C=S) groups is 1. The molecule has 1 amide bonds. The van der Waals surface area contributed by atoms with Crippen LogP contribution in [0.5, 0.6) is 11.5 Å². The predicted molar refractivity (Wildman–Crippen MR) is 141 cm³/mol. The second-order valence-electron chi connectivity index (χ2n) is 8.37. The van der Waals surface area contributed by atoms with Crippen LogP contribution in [0.3, 0.4) is 0 Å². The van der Waals surface area contributed by atoms with Crippen molar-refractivity contribution >= 4 is 40.0 Å². The number of carbonyl (C=O) groups excluding carboxylic acids is 1. The molecular formula is C26H27N5O3S. The molecule has 35 heavy (non-hydrogen) atoms. The number of aryl methyl sites for hydroxylation is 1. The van der Waals surface area contributed by atoms with E-state index in [1.165, 1.54) is 12.7 Å². The Balaban J connectivity index is 1.51. The van der Waals surface area contributed by atoms with Gasteiger partial charge in [0, 0.05) is 11.8 Å². The third-order valence-corrected chi connectivity index (χ3v) is 5.85. The molecule has 3 aromatic carbocycles. The van der Waals surface area contributed by atoms with Crippen LogP contribution in [0.25, 0.3) is 16.7 Å². The molecule has 4 rings (SSSR count). The highest BCUT2D eigenvalue weighted by Gasteiger charge is 2.16. The van der Waals surface area contributed by atoms with E-state index < -0.39 is 5.91 Å². The zero-order valence-electron chi connectivity index (χ0n) is 20.2. The maximum Gasteiger partial charge on any atom is 0.261 e. The Hall–Kier alpha value is -3.98. The summed E-state index contributed by atoms with van der Waals surface area (Å²) in [5.74, 6) is 1.05. The first-order valence-electron chi connectivity index (χ1n) is 11.1. The average Bonchev–Trinajstić information content (AvgIpc) is 3.26. The van der Waals surface area contributed by atoms with E-state index in [0.717, 1.165) is 22.5 Å². The molecule has 9 heteroatoms. The maximum atomic E-state index is 12.8. The van der Waals surface area contributed by atoms with E-state index in [9.17, 15) is 4.79 Å². The zero-order valence-corrected chi connectivity index (χ0v) is 21.1. The highest BCUT2D eigenvalue weighted by atomic mass is 32.1. The van der Waals surface area contributed by atoms with Crippen LogP contribution in [-0.4, -0.2) is 40.2 Å². The Morgan fingerprint density at radius 2 is 1.66 bits per heavy atom. The molecule has 0 bridgehead atoms. The molecule has 0 fully saturated rings. The lowest BCUT2D eigenvalue weighted by molar-refractivity contribution is 0.0974. The third-order valence-electron chi connectivity index (χ3n) is 5.65. The number of carbonyl (C=O) groups is 1. The van der Waals surface area contributed by atoms with Gasteiger partial charge < -0.3 is 14.8 Å². The molecule has 2 N–H and O–H groups in total. The number of hydrogen-bond acceptors (Lipinski definition) is 6. The van der Waals surface area contributed by atoms with E-state index in [4.69, 9.17) is 21.7 Å². The number of amides is 1. The number of nitrogens with one attached hydrogen (secondary N) is 2. The number of aromatic nitrogens is 3. The number of nitrogens with zero attached hydrogens (tertiary/aromatic N) is 3. The van der Waals surface area contributed by atoms with Crippen LogP contribution < -0.4 is 20.1 Å². The van der Waals surface area contributed by atoms with Crippen molar-refractivity contribution in [2.45, 2.75) is 26.7 Å². The quantitative estimate of drug-likeness (QED) is 0.369. The number of methoxy groups -OCH3 is 2. The molecule has 0 aliphatic heterocycles.